The maximum Gasteiger partial charge on any atom is 0.415 e. The number of anilines is 1. The minimum Gasteiger partial charge on any atom is -0.408 e. The van der Waals surface area contributed by atoms with Crippen molar-refractivity contribution in [2.45, 2.75) is 19.3 Å². The van der Waals surface area contributed by atoms with Crippen molar-refractivity contribution in [3.8, 4) is 5.75 Å². The number of para-hydroxylation sites is 1. The first kappa shape index (κ1) is 17.0. The summed E-state index contributed by atoms with van der Waals surface area (Å²) in [6.45, 7) is 2.61. The molecule has 1 aromatic rings. The van der Waals surface area contributed by atoms with Gasteiger partial charge in [-0.2, -0.15) is 0 Å². The SMILES string of the molecule is CS(=O)(=O)Nc1c(CC2CC2)cccc1OC(=O)N1CCNCC1. The number of sulfonamides is 1. The molecule has 1 saturated heterocycles. The van der Waals surface area contributed by atoms with E-state index in [1.54, 1.807) is 17.0 Å². The third-order valence-corrected chi connectivity index (χ3v) is 4.75. The van der Waals surface area contributed by atoms with Crippen LogP contribution in [0.25, 0.3) is 0 Å². The van der Waals surface area contributed by atoms with Crippen molar-refractivity contribution < 1.29 is 17.9 Å². The molecular formula is C16H23N3O4S. The van der Waals surface area contributed by atoms with E-state index in [1.165, 1.54) is 0 Å². The van der Waals surface area contributed by atoms with Gasteiger partial charge in [0.2, 0.25) is 10.0 Å². The monoisotopic (exact) mass is 353 g/mol. The lowest BCUT2D eigenvalue weighted by atomic mass is 10.1. The quantitative estimate of drug-likeness (QED) is 0.836. The molecular weight excluding hydrogens is 330 g/mol. The van der Waals surface area contributed by atoms with Crippen molar-refractivity contribution >= 4 is 21.8 Å². The first-order chi connectivity index (χ1) is 11.4. The third-order valence-electron chi connectivity index (χ3n) is 4.18. The first-order valence-corrected chi connectivity index (χ1v) is 10.1. The van der Waals surface area contributed by atoms with Crippen LogP contribution in [0, 0.1) is 5.92 Å². The number of nitrogens with one attached hydrogen (secondary N) is 2. The lowest BCUT2D eigenvalue weighted by molar-refractivity contribution is 0.146. The fourth-order valence-corrected chi connectivity index (χ4v) is 3.37. The molecule has 0 unspecified atom stereocenters. The van der Waals surface area contributed by atoms with Gasteiger partial charge in [0.15, 0.2) is 5.75 Å². The summed E-state index contributed by atoms with van der Waals surface area (Å²) in [6, 6.07) is 5.31. The second kappa shape index (κ2) is 6.98. The predicted octanol–water partition coefficient (Wildman–Crippen LogP) is 1.41. The number of rotatable bonds is 5. The summed E-state index contributed by atoms with van der Waals surface area (Å²) >= 11 is 0. The molecule has 0 aromatic heterocycles. The van der Waals surface area contributed by atoms with Crippen molar-refractivity contribution in [3.63, 3.8) is 0 Å². The van der Waals surface area contributed by atoms with Crippen LogP contribution >= 0.6 is 0 Å². The average molecular weight is 353 g/mol. The van der Waals surface area contributed by atoms with E-state index in [1.807, 2.05) is 6.07 Å². The highest BCUT2D eigenvalue weighted by atomic mass is 32.2. The van der Waals surface area contributed by atoms with Crippen molar-refractivity contribution in [1.82, 2.24) is 10.2 Å². The molecule has 0 spiro atoms. The molecule has 1 saturated carbocycles. The molecule has 0 radical (unpaired) electrons. The molecule has 24 heavy (non-hydrogen) atoms. The number of ether oxygens (including phenoxy) is 1. The Bertz CT molecular complexity index is 710. The minimum absolute atomic E-state index is 0.266. The van der Waals surface area contributed by atoms with Gasteiger partial charge in [-0.25, -0.2) is 13.2 Å². The van der Waals surface area contributed by atoms with Crippen LogP contribution in [0.1, 0.15) is 18.4 Å². The van der Waals surface area contributed by atoms with Gasteiger partial charge in [0.25, 0.3) is 0 Å². The fraction of sp³-hybridized carbons (Fsp3) is 0.562. The fourth-order valence-electron chi connectivity index (χ4n) is 2.77. The standard InChI is InChI=1S/C16H23N3O4S/c1-24(21,22)18-15-13(11-12-5-6-12)3-2-4-14(15)23-16(20)19-9-7-17-8-10-19/h2-4,12,17-18H,5-11H2,1H3. The van der Waals surface area contributed by atoms with Gasteiger partial charge in [-0.05, 0) is 36.8 Å². The zero-order chi connectivity index (χ0) is 17.2. The van der Waals surface area contributed by atoms with Gasteiger partial charge in [-0.3, -0.25) is 4.72 Å². The van der Waals surface area contributed by atoms with Crippen molar-refractivity contribution in [3.05, 3.63) is 23.8 Å². The van der Waals surface area contributed by atoms with E-state index in [0.717, 1.165) is 44.2 Å². The van der Waals surface area contributed by atoms with Gasteiger partial charge in [-0.15, -0.1) is 0 Å². The van der Waals surface area contributed by atoms with Crippen LogP contribution in [0.3, 0.4) is 0 Å². The number of carbonyl (C=O) groups excluding carboxylic acids is 1. The van der Waals surface area contributed by atoms with E-state index in [4.69, 9.17) is 4.74 Å². The summed E-state index contributed by atoms with van der Waals surface area (Å²) in [5.74, 6) is 0.853. The summed E-state index contributed by atoms with van der Waals surface area (Å²) in [5.41, 5.74) is 1.25. The van der Waals surface area contributed by atoms with Gasteiger partial charge < -0.3 is 15.0 Å². The topological polar surface area (TPSA) is 87.7 Å². The van der Waals surface area contributed by atoms with E-state index in [2.05, 4.69) is 10.0 Å². The molecule has 2 fully saturated rings. The minimum atomic E-state index is -3.46. The molecule has 1 aliphatic carbocycles. The number of nitrogens with zero attached hydrogens (tertiary/aromatic N) is 1. The maximum atomic E-state index is 12.3. The van der Waals surface area contributed by atoms with Crippen molar-refractivity contribution in [2.24, 2.45) is 5.92 Å². The molecule has 0 atom stereocenters. The van der Waals surface area contributed by atoms with Gasteiger partial charge in [0.05, 0.1) is 11.9 Å². The van der Waals surface area contributed by atoms with Crippen LogP contribution in [0.5, 0.6) is 5.75 Å². The maximum absolute atomic E-state index is 12.3. The molecule has 1 aliphatic heterocycles. The Morgan fingerprint density at radius 1 is 1.33 bits per heavy atom. The lowest BCUT2D eigenvalue weighted by Gasteiger charge is -2.27. The van der Waals surface area contributed by atoms with Crippen molar-refractivity contribution in [2.75, 3.05) is 37.2 Å². The zero-order valence-corrected chi connectivity index (χ0v) is 14.6. The Balaban J connectivity index is 1.83. The van der Waals surface area contributed by atoms with Crippen LogP contribution in [-0.4, -0.2) is 51.8 Å². The van der Waals surface area contributed by atoms with Crippen LogP contribution in [0.15, 0.2) is 18.2 Å². The molecule has 3 rings (SSSR count). The summed E-state index contributed by atoms with van der Waals surface area (Å²) in [6.07, 6.45) is 3.75. The molecule has 1 heterocycles. The molecule has 7 nitrogen and oxygen atoms in total. The average Bonchev–Trinajstić information content (AvgIpc) is 3.34. The van der Waals surface area contributed by atoms with Gasteiger partial charge >= 0.3 is 6.09 Å². The number of piperazine rings is 1. The van der Waals surface area contributed by atoms with E-state index < -0.39 is 16.1 Å². The molecule has 8 heteroatoms. The predicted molar refractivity (Wildman–Crippen MR) is 91.8 cm³/mol. The second-order valence-electron chi connectivity index (χ2n) is 6.42. The summed E-state index contributed by atoms with van der Waals surface area (Å²) in [4.78, 5) is 13.9. The zero-order valence-electron chi connectivity index (χ0n) is 13.7. The van der Waals surface area contributed by atoms with Gasteiger partial charge in [-0.1, -0.05) is 12.1 Å². The highest BCUT2D eigenvalue weighted by molar-refractivity contribution is 7.92. The molecule has 1 aromatic carbocycles. The van der Waals surface area contributed by atoms with Crippen LogP contribution in [0.2, 0.25) is 0 Å². The van der Waals surface area contributed by atoms with E-state index in [0.29, 0.717) is 24.7 Å². The Morgan fingerprint density at radius 3 is 2.67 bits per heavy atom. The third kappa shape index (κ3) is 4.61. The number of amides is 1. The lowest BCUT2D eigenvalue weighted by Crippen LogP contribution is -2.47. The molecule has 1 amide bonds. The number of hydrogen-bond donors (Lipinski definition) is 2. The molecule has 132 valence electrons. The second-order valence-corrected chi connectivity index (χ2v) is 8.17. The van der Waals surface area contributed by atoms with E-state index in [9.17, 15) is 13.2 Å². The Hall–Kier alpha value is -1.80. The normalized spacial score (nSPS) is 18.3. The van der Waals surface area contributed by atoms with Crippen LogP contribution in [-0.2, 0) is 16.4 Å². The summed E-state index contributed by atoms with van der Waals surface area (Å²) < 4.78 is 31.5. The van der Waals surface area contributed by atoms with Gasteiger partial charge in [0.1, 0.15) is 0 Å². The van der Waals surface area contributed by atoms with Crippen molar-refractivity contribution in [1.29, 1.82) is 0 Å². The number of hydrogen-bond acceptors (Lipinski definition) is 5. The Morgan fingerprint density at radius 2 is 2.04 bits per heavy atom. The summed E-state index contributed by atoms with van der Waals surface area (Å²) in [5, 5.41) is 3.17. The Labute approximate surface area is 142 Å². The highest BCUT2D eigenvalue weighted by Crippen LogP contribution is 2.38. The highest BCUT2D eigenvalue weighted by Gasteiger charge is 2.26. The number of carbonyl (C=O) groups is 1. The first-order valence-electron chi connectivity index (χ1n) is 8.19. The molecule has 0 bridgehead atoms. The molecule has 2 aliphatic rings. The van der Waals surface area contributed by atoms with E-state index in [-0.39, 0.29) is 5.75 Å². The molecule has 2 N–H and O–H groups in total. The Kier molecular flexibility index (Phi) is 4.96. The van der Waals surface area contributed by atoms with Crippen LogP contribution in [0.4, 0.5) is 10.5 Å². The number of benzene rings is 1. The summed E-state index contributed by atoms with van der Waals surface area (Å²) in [7, 11) is -3.46. The van der Waals surface area contributed by atoms with E-state index >= 15 is 0 Å². The van der Waals surface area contributed by atoms with Crippen LogP contribution < -0.4 is 14.8 Å². The van der Waals surface area contributed by atoms with Gasteiger partial charge in [0, 0.05) is 26.2 Å². The largest absolute Gasteiger partial charge is 0.415 e. The smallest absolute Gasteiger partial charge is 0.408 e.